The first kappa shape index (κ1) is 26.8. The molecule has 7 nitrogen and oxygen atoms in total. The van der Waals surface area contributed by atoms with E-state index in [-0.39, 0.29) is 12.1 Å². The van der Waals surface area contributed by atoms with Gasteiger partial charge in [-0.25, -0.2) is 4.79 Å². The maximum atomic E-state index is 13.8. The van der Waals surface area contributed by atoms with E-state index >= 15 is 0 Å². The lowest BCUT2D eigenvalue weighted by atomic mass is 9.96. The number of fused-ring (bicyclic) bond motifs is 1. The Morgan fingerprint density at radius 3 is 2.37 bits per heavy atom. The molecule has 0 atom stereocenters. The number of aryl methyl sites for hydroxylation is 1. The maximum absolute atomic E-state index is 13.8. The smallest absolute Gasteiger partial charge is 0.407 e. The van der Waals surface area contributed by atoms with Crippen molar-refractivity contribution in [3.05, 3.63) is 93.9 Å². The van der Waals surface area contributed by atoms with Gasteiger partial charge >= 0.3 is 6.09 Å². The van der Waals surface area contributed by atoms with Gasteiger partial charge in [0.25, 0.3) is 5.56 Å². The molecule has 0 saturated heterocycles. The molecule has 0 fully saturated rings. The molecule has 198 valence electrons. The van der Waals surface area contributed by atoms with Crippen LogP contribution in [-0.4, -0.2) is 30.5 Å². The zero-order valence-corrected chi connectivity index (χ0v) is 22.8. The number of benzene rings is 3. The number of hydrogen-bond donors (Lipinski definition) is 1. The molecule has 3 aromatic carbocycles. The van der Waals surface area contributed by atoms with Gasteiger partial charge in [-0.05, 0) is 68.0 Å². The number of nitrogens with one attached hydrogen (secondary N) is 1. The average Bonchev–Trinajstić information content (AvgIpc) is 2.88. The minimum absolute atomic E-state index is 0.130. The van der Waals surface area contributed by atoms with E-state index < -0.39 is 11.7 Å². The van der Waals surface area contributed by atoms with Gasteiger partial charge in [-0.15, -0.1) is 0 Å². The number of carbonyl (C=O) groups is 1. The van der Waals surface area contributed by atoms with E-state index in [1.165, 1.54) is 0 Å². The van der Waals surface area contributed by atoms with Crippen molar-refractivity contribution >= 4 is 16.9 Å². The predicted octanol–water partition coefficient (Wildman–Crippen LogP) is 6.07. The summed E-state index contributed by atoms with van der Waals surface area (Å²) in [6, 6.07) is 19.4. The van der Waals surface area contributed by atoms with Crippen LogP contribution in [0.25, 0.3) is 21.9 Å². The van der Waals surface area contributed by atoms with Gasteiger partial charge in [-0.3, -0.25) is 4.79 Å². The molecule has 38 heavy (non-hydrogen) atoms. The molecular weight excluding hydrogens is 480 g/mol. The fraction of sp³-hybridized carbons (Fsp3) is 0.290. The van der Waals surface area contributed by atoms with Crippen LogP contribution in [0.5, 0.6) is 11.5 Å². The highest BCUT2D eigenvalue weighted by atomic mass is 16.6. The zero-order valence-electron chi connectivity index (χ0n) is 22.8. The summed E-state index contributed by atoms with van der Waals surface area (Å²) in [5, 5.41) is 4.20. The standard InChI is InChI=1S/C31H34N2O5/c1-20-9-7-8-10-24(20)27-19-33(18-22-12-13-23(36-5)16-28(22)37-6)29(34)26-15-21(11-14-25(26)27)17-32-30(35)38-31(2,3)4/h7-16,19H,17-18H2,1-6H3,(H,32,35). The molecule has 0 bridgehead atoms. The number of carbonyl (C=O) groups excluding carboxylic acids is 1. The molecule has 7 heteroatoms. The lowest BCUT2D eigenvalue weighted by molar-refractivity contribution is 0.0523. The molecule has 1 N–H and O–H groups in total. The Kier molecular flexibility index (Phi) is 7.76. The highest BCUT2D eigenvalue weighted by Gasteiger charge is 2.17. The highest BCUT2D eigenvalue weighted by Crippen LogP contribution is 2.31. The molecule has 0 aliphatic heterocycles. The first-order chi connectivity index (χ1) is 18.1. The van der Waals surface area contributed by atoms with Gasteiger partial charge in [-0.1, -0.05) is 36.4 Å². The van der Waals surface area contributed by atoms with Crippen LogP contribution in [0.4, 0.5) is 4.79 Å². The minimum Gasteiger partial charge on any atom is -0.497 e. The van der Waals surface area contributed by atoms with E-state index in [0.717, 1.165) is 33.2 Å². The predicted molar refractivity (Wildman–Crippen MR) is 150 cm³/mol. The van der Waals surface area contributed by atoms with E-state index in [1.807, 2.05) is 75.5 Å². The Hall–Kier alpha value is -4.26. The molecule has 1 amide bonds. The van der Waals surface area contributed by atoms with Gasteiger partial charge in [0.15, 0.2) is 0 Å². The third-order valence-electron chi connectivity index (χ3n) is 6.26. The Morgan fingerprint density at radius 1 is 0.921 bits per heavy atom. The molecule has 0 saturated carbocycles. The van der Waals surface area contributed by atoms with Crippen LogP contribution < -0.4 is 20.3 Å². The molecule has 4 rings (SSSR count). The number of methoxy groups -OCH3 is 2. The van der Waals surface area contributed by atoms with Crippen LogP contribution in [0.1, 0.15) is 37.5 Å². The summed E-state index contributed by atoms with van der Waals surface area (Å²) in [6.07, 6.45) is 1.41. The monoisotopic (exact) mass is 514 g/mol. The van der Waals surface area contributed by atoms with Gasteiger partial charge in [0.05, 0.1) is 20.8 Å². The summed E-state index contributed by atoms with van der Waals surface area (Å²) in [7, 11) is 3.20. The third kappa shape index (κ3) is 5.99. The van der Waals surface area contributed by atoms with Gasteiger partial charge in [0.1, 0.15) is 17.1 Å². The topological polar surface area (TPSA) is 78.8 Å². The largest absolute Gasteiger partial charge is 0.497 e. The van der Waals surface area contributed by atoms with Crippen molar-refractivity contribution < 1.29 is 19.0 Å². The molecular formula is C31H34N2O5. The highest BCUT2D eigenvalue weighted by molar-refractivity contribution is 5.96. The van der Waals surface area contributed by atoms with Crippen molar-refractivity contribution in [3.63, 3.8) is 0 Å². The van der Waals surface area contributed by atoms with E-state index in [0.29, 0.717) is 23.4 Å². The van der Waals surface area contributed by atoms with E-state index in [9.17, 15) is 9.59 Å². The molecule has 4 aromatic rings. The molecule has 0 radical (unpaired) electrons. The lowest BCUT2D eigenvalue weighted by Gasteiger charge is -2.20. The van der Waals surface area contributed by atoms with Gasteiger partial charge in [-0.2, -0.15) is 0 Å². The van der Waals surface area contributed by atoms with Crippen molar-refractivity contribution in [2.75, 3.05) is 14.2 Å². The van der Waals surface area contributed by atoms with Crippen LogP contribution in [-0.2, 0) is 17.8 Å². The molecule has 1 heterocycles. The second kappa shape index (κ2) is 11.0. The molecule has 0 aliphatic rings. The number of nitrogens with zero attached hydrogens (tertiary/aromatic N) is 1. The SMILES string of the molecule is COc1ccc(Cn2cc(-c3ccccc3C)c3ccc(CNC(=O)OC(C)(C)C)cc3c2=O)c(OC)c1. The van der Waals surface area contributed by atoms with Crippen LogP contribution >= 0.6 is 0 Å². The van der Waals surface area contributed by atoms with E-state index in [2.05, 4.69) is 24.4 Å². The number of amides is 1. The Labute approximate surface area is 223 Å². The fourth-order valence-corrected chi connectivity index (χ4v) is 4.41. The molecule has 0 unspecified atom stereocenters. The van der Waals surface area contributed by atoms with Crippen molar-refractivity contribution in [2.24, 2.45) is 0 Å². The second-order valence-corrected chi connectivity index (χ2v) is 10.2. The Bertz CT molecular complexity index is 1530. The number of alkyl carbamates (subject to hydrolysis) is 1. The lowest BCUT2D eigenvalue weighted by Crippen LogP contribution is -2.32. The third-order valence-corrected chi connectivity index (χ3v) is 6.26. The number of rotatable bonds is 7. The first-order valence-electron chi connectivity index (χ1n) is 12.5. The summed E-state index contributed by atoms with van der Waals surface area (Å²) < 4.78 is 18.0. The Balaban J connectivity index is 1.81. The fourth-order valence-electron chi connectivity index (χ4n) is 4.41. The first-order valence-corrected chi connectivity index (χ1v) is 12.5. The minimum atomic E-state index is -0.591. The van der Waals surface area contributed by atoms with Crippen molar-refractivity contribution in [2.45, 2.75) is 46.4 Å². The Morgan fingerprint density at radius 2 is 1.68 bits per heavy atom. The number of hydrogen-bond acceptors (Lipinski definition) is 5. The molecule has 1 aromatic heterocycles. The summed E-state index contributed by atoms with van der Waals surface area (Å²) >= 11 is 0. The summed E-state index contributed by atoms with van der Waals surface area (Å²) in [5.74, 6) is 1.32. The van der Waals surface area contributed by atoms with Crippen LogP contribution in [0, 0.1) is 6.92 Å². The van der Waals surface area contributed by atoms with Crippen LogP contribution in [0.2, 0.25) is 0 Å². The van der Waals surface area contributed by atoms with E-state index in [4.69, 9.17) is 14.2 Å². The molecule has 0 spiro atoms. The molecule has 0 aliphatic carbocycles. The second-order valence-electron chi connectivity index (χ2n) is 10.2. The number of ether oxygens (including phenoxy) is 3. The zero-order chi connectivity index (χ0) is 27.4. The van der Waals surface area contributed by atoms with Gasteiger partial charge in [0.2, 0.25) is 0 Å². The summed E-state index contributed by atoms with van der Waals surface area (Å²) in [5.41, 5.74) is 4.05. The van der Waals surface area contributed by atoms with Crippen molar-refractivity contribution in [1.29, 1.82) is 0 Å². The summed E-state index contributed by atoms with van der Waals surface area (Å²) in [4.78, 5) is 26.0. The average molecular weight is 515 g/mol. The number of aromatic nitrogens is 1. The quantitative estimate of drug-likeness (QED) is 0.324. The van der Waals surface area contributed by atoms with Crippen LogP contribution in [0.15, 0.2) is 71.7 Å². The van der Waals surface area contributed by atoms with Crippen LogP contribution in [0.3, 0.4) is 0 Å². The van der Waals surface area contributed by atoms with Crippen molar-refractivity contribution in [1.82, 2.24) is 9.88 Å². The number of pyridine rings is 1. The van der Waals surface area contributed by atoms with Gasteiger partial charge in [0, 0.05) is 35.3 Å². The van der Waals surface area contributed by atoms with E-state index in [1.54, 1.807) is 18.8 Å². The van der Waals surface area contributed by atoms with Gasteiger partial charge < -0.3 is 24.1 Å². The normalized spacial score (nSPS) is 11.3. The summed E-state index contributed by atoms with van der Waals surface area (Å²) in [6.45, 7) is 8.07. The van der Waals surface area contributed by atoms with Crippen molar-refractivity contribution in [3.8, 4) is 22.6 Å². The maximum Gasteiger partial charge on any atom is 0.407 e.